The molecule has 3 rings (SSSR count). The largest absolute Gasteiger partial charge is 0.367 e. The summed E-state index contributed by atoms with van der Waals surface area (Å²) in [5, 5.41) is 2.31. The highest BCUT2D eigenvalue weighted by atomic mass is 35.5. The van der Waals surface area contributed by atoms with E-state index in [2.05, 4.69) is 14.9 Å². The molecule has 0 aromatic carbocycles. The lowest BCUT2D eigenvalue weighted by Gasteiger charge is -2.35. The highest BCUT2D eigenvalue weighted by Crippen LogP contribution is 2.46. The van der Waals surface area contributed by atoms with E-state index in [-0.39, 0.29) is 5.97 Å². The van der Waals surface area contributed by atoms with Gasteiger partial charge in [0.25, 0.3) is 0 Å². The first-order valence-corrected chi connectivity index (χ1v) is 8.47. The monoisotopic (exact) mass is 338 g/mol. The summed E-state index contributed by atoms with van der Waals surface area (Å²) in [5.41, 5.74) is 0.588. The summed E-state index contributed by atoms with van der Waals surface area (Å²) in [6.07, 6.45) is 3.84. The van der Waals surface area contributed by atoms with Crippen LogP contribution in [0.4, 0.5) is 5.82 Å². The molecule has 0 unspecified atom stereocenters. The molecule has 23 heavy (non-hydrogen) atoms. The predicted octanol–water partition coefficient (Wildman–Crippen LogP) is 2.63. The summed E-state index contributed by atoms with van der Waals surface area (Å²) in [4.78, 5) is 28.2. The summed E-state index contributed by atoms with van der Waals surface area (Å²) >= 11 is 6.27. The number of hydrogen-bond donors (Lipinski definition) is 0. The zero-order chi connectivity index (χ0) is 16.6. The van der Waals surface area contributed by atoms with E-state index in [0.29, 0.717) is 24.2 Å². The SMILES string of the molecule is CC(C)(C)C(=O)ON1CCN(c2ncnc(Cl)c2C2CC2)CC1. The topological polar surface area (TPSA) is 58.6 Å². The van der Waals surface area contributed by atoms with Gasteiger partial charge in [-0.05, 0) is 39.5 Å². The van der Waals surface area contributed by atoms with Crippen LogP contribution in [0.2, 0.25) is 5.15 Å². The van der Waals surface area contributed by atoms with Crippen molar-refractivity contribution in [1.29, 1.82) is 0 Å². The summed E-state index contributed by atoms with van der Waals surface area (Å²) in [6, 6.07) is 0. The van der Waals surface area contributed by atoms with Gasteiger partial charge in [-0.15, -0.1) is 5.06 Å². The van der Waals surface area contributed by atoms with Crippen LogP contribution < -0.4 is 4.90 Å². The van der Waals surface area contributed by atoms with E-state index in [1.807, 2.05) is 20.8 Å². The number of hydroxylamine groups is 2. The molecule has 1 saturated heterocycles. The third kappa shape index (κ3) is 3.75. The normalized spacial score (nSPS) is 19.7. The molecule has 6 nitrogen and oxygen atoms in total. The van der Waals surface area contributed by atoms with E-state index in [4.69, 9.17) is 16.4 Å². The van der Waals surface area contributed by atoms with Crippen molar-refractivity contribution in [2.75, 3.05) is 31.1 Å². The molecule has 7 heteroatoms. The first-order valence-electron chi connectivity index (χ1n) is 8.09. The highest BCUT2D eigenvalue weighted by Gasteiger charge is 2.33. The lowest BCUT2D eigenvalue weighted by molar-refractivity contribution is -0.201. The standard InChI is InChI=1S/C16H23ClN4O2/c1-16(2,3)15(22)23-21-8-6-20(7-9-21)14-12(11-4-5-11)13(17)18-10-19-14/h10-11H,4-9H2,1-3H3. The van der Waals surface area contributed by atoms with Crippen LogP contribution >= 0.6 is 11.6 Å². The summed E-state index contributed by atoms with van der Waals surface area (Å²) in [5.74, 6) is 1.24. The van der Waals surface area contributed by atoms with Gasteiger partial charge in [0.15, 0.2) is 0 Å². The highest BCUT2D eigenvalue weighted by molar-refractivity contribution is 6.30. The number of hydrogen-bond acceptors (Lipinski definition) is 6. The maximum atomic E-state index is 12.0. The molecular weight excluding hydrogens is 316 g/mol. The Kier molecular flexibility index (Phi) is 4.47. The average molecular weight is 339 g/mol. The molecular formula is C16H23ClN4O2. The van der Waals surface area contributed by atoms with Crippen LogP contribution in [0.15, 0.2) is 6.33 Å². The molecule has 1 saturated carbocycles. The molecule has 1 aromatic heterocycles. The number of piperazine rings is 1. The lowest BCUT2D eigenvalue weighted by atomic mass is 9.98. The van der Waals surface area contributed by atoms with Crippen molar-refractivity contribution in [3.8, 4) is 0 Å². The number of anilines is 1. The smallest absolute Gasteiger partial charge is 0.330 e. The van der Waals surface area contributed by atoms with Crippen molar-refractivity contribution in [3.63, 3.8) is 0 Å². The first kappa shape index (κ1) is 16.5. The van der Waals surface area contributed by atoms with Gasteiger partial charge in [-0.2, -0.15) is 0 Å². The van der Waals surface area contributed by atoms with Crippen LogP contribution in [-0.4, -0.2) is 47.2 Å². The number of halogens is 1. The second-order valence-corrected chi connectivity index (χ2v) is 7.58. The van der Waals surface area contributed by atoms with E-state index in [9.17, 15) is 4.79 Å². The van der Waals surface area contributed by atoms with E-state index < -0.39 is 5.41 Å². The minimum Gasteiger partial charge on any atom is -0.367 e. The Bertz CT molecular complexity index is 590. The van der Waals surface area contributed by atoms with Crippen LogP contribution in [0, 0.1) is 5.41 Å². The summed E-state index contributed by atoms with van der Waals surface area (Å²) < 4.78 is 0. The molecule has 1 aliphatic heterocycles. The van der Waals surface area contributed by atoms with Crippen molar-refractivity contribution in [3.05, 3.63) is 17.0 Å². The van der Waals surface area contributed by atoms with Gasteiger partial charge in [-0.25, -0.2) is 14.8 Å². The fourth-order valence-corrected chi connectivity index (χ4v) is 2.87. The van der Waals surface area contributed by atoms with Gasteiger partial charge in [0.05, 0.1) is 18.5 Å². The Morgan fingerprint density at radius 1 is 1.22 bits per heavy atom. The quantitative estimate of drug-likeness (QED) is 0.790. The third-order valence-electron chi connectivity index (χ3n) is 4.16. The first-order chi connectivity index (χ1) is 10.9. The number of carbonyl (C=O) groups is 1. The molecule has 0 bridgehead atoms. The van der Waals surface area contributed by atoms with Crippen molar-refractivity contribution in [2.24, 2.45) is 5.41 Å². The van der Waals surface area contributed by atoms with Crippen LogP contribution in [0.3, 0.4) is 0 Å². The number of rotatable bonds is 3. The Morgan fingerprint density at radius 3 is 2.43 bits per heavy atom. The second kappa shape index (κ2) is 6.24. The lowest BCUT2D eigenvalue weighted by Crippen LogP contribution is -2.48. The molecule has 0 spiro atoms. The molecule has 2 heterocycles. The molecule has 0 atom stereocenters. The molecule has 0 radical (unpaired) electrons. The predicted molar refractivity (Wildman–Crippen MR) is 88.4 cm³/mol. The fraction of sp³-hybridized carbons (Fsp3) is 0.688. The van der Waals surface area contributed by atoms with Crippen LogP contribution in [0.5, 0.6) is 0 Å². The third-order valence-corrected chi connectivity index (χ3v) is 4.46. The van der Waals surface area contributed by atoms with E-state index in [1.165, 1.54) is 6.33 Å². The van der Waals surface area contributed by atoms with Crippen molar-refractivity contribution in [2.45, 2.75) is 39.5 Å². The Balaban J connectivity index is 1.64. The van der Waals surface area contributed by atoms with Crippen LogP contribution in [0.1, 0.15) is 45.1 Å². The molecule has 2 aliphatic rings. The molecule has 2 fully saturated rings. The minimum absolute atomic E-state index is 0.199. The van der Waals surface area contributed by atoms with Crippen molar-refractivity contribution < 1.29 is 9.63 Å². The van der Waals surface area contributed by atoms with E-state index in [0.717, 1.165) is 37.3 Å². The fourth-order valence-electron chi connectivity index (χ4n) is 2.59. The maximum Gasteiger partial charge on any atom is 0.330 e. The Morgan fingerprint density at radius 2 is 1.87 bits per heavy atom. The maximum absolute atomic E-state index is 12.0. The number of nitrogens with zero attached hydrogens (tertiary/aromatic N) is 4. The Labute approximate surface area is 141 Å². The molecule has 0 amide bonds. The molecule has 1 aliphatic carbocycles. The van der Waals surface area contributed by atoms with Gasteiger partial charge < -0.3 is 9.74 Å². The van der Waals surface area contributed by atoms with E-state index >= 15 is 0 Å². The number of aromatic nitrogens is 2. The molecule has 1 aromatic rings. The number of carbonyl (C=O) groups excluding carboxylic acids is 1. The van der Waals surface area contributed by atoms with Gasteiger partial charge in [0, 0.05) is 18.7 Å². The minimum atomic E-state index is -0.490. The van der Waals surface area contributed by atoms with Crippen LogP contribution in [0.25, 0.3) is 0 Å². The van der Waals surface area contributed by atoms with Crippen molar-refractivity contribution >= 4 is 23.4 Å². The van der Waals surface area contributed by atoms with Gasteiger partial charge >= 0.3 is 5.97 Å². The van der Waals surface area contributed by atoms with Gasteiger partial charge in [0.2, 0.25) is 0 Å². The van der Waals surface area contributed by atoms with Crippen LogP contribution in [-0.2, 0) is 9.63 Å². The zero-order valence-corrected chi connectivity index (χ0v) is 14.6. The molecule has 126 valence electrons. The summed E-state index contributed by atoms with van der Waals surface area (Å²) in [7, 11) is 0. The summed E-state index contributed by atoms with van der Waals surface area (Å²) in [6.45, 7) is 8.40. The van der Waals surface area contributed by atoms with Crippen molar-refractivity contribution in [1.82, 2.24) is 15.0 Å². The second-order valence-electron chi connectivity index (χ2n) is 7.22. The average Bonchev–Trinajstić information content (AvgIpc) is 3.31. The van der Waals surface area contributed by atoms with E-state index in [1.54, 1.807) is 5.06 Å². The Hall–Kier alpha value is -1.40. The van der Waals surface area contributed by atoms with Gasteiger partial charge in [-0.1, -0.05) is 11.6 Å². The van der Waals surface area contributed by atoms with Gasteiger partial charge in [-0.3, -0.25) is 0 Å². The zero-order valence-electron chi connectivity index (χ0n) is 13.9. The molecule has 0 N–H and O–H groups in total. The van der Waals surface area contributed by atoms with Gasteiger partial charge in [0.1, 0.15) is 17.3 Å².